The molecular formula is C25H19ClF2N2O. The number of benzene rings is 4. The largest absolute Gasteiger partial charge is 0.322 e. The van der Waals surface area contributed by atoms with E-state index in [9.17, 15) is 13.6 Å². The molecule has 0 aliphatic rings. The Labute approximate surface area is 183 Å². The molecule has 4 aromatic carbocycles. The Morgan fingerprint density at radius 2 is 1.61 bits per heavy atom. The van der Waals surface area contributed by atoms with Gasteiger partial charge in [0.2, 0.25) is 0 Å². The Balaban J connectivity index is 1.64. The molecule has 156 valence electrons. The average molecular weight is 437 g/mol. The van der Waals surface area contributed by atoms with Crippen LogP contribution >= 0.6 is 11.6 Å². The summed E-state index contributed by atoms with van der Waals surface area (Å²) in [6, 6.07) is 23.6. The Morgan fingerprint density at radius 1 is 0.871 bits per heavy atom. The smallest absolute Gasteiger partial charge is 0.316 e. The summed E-state index contributed by atoms with van der Waals surface area (Å²) >= 11 is 5.98. The van der Waals surface area contributed by atoms with Gasteiger partial charge in [-0.1, -0.05) is 66.2 Å². The Hall–Kier alpha value is -3.44. The minimum atomic E-state index is -0.829. The quantitative estimate of drug-likeness (QED) is 0.358. The molecule has 3 nitrogen and oxygen atoms in total. The van der Waals surface area contributed by atoms with Crippen LogP contribution in [0, 0.1) is 11.6 Å². The molecule has 0 heterocycles. The molecule has 0 spiro atoms. The van der Waals surface area contributed by atoms with E-state index in [1.165, 1.54) is 6.07 Å². The standard InChI is InChI=1S/C25H19ClF2N2O/c26-20-10-8-17(9-11-20)15-30(25(31)29-24-13-12-21(27)14-23(24)28)16-19-6-3-5-18-4-1-2-7-22(18)19/h1-14H,15-16H2,(H,29,31). The van der Waals surface area contributed by atoms with Gasteiger partial charge in [0.25, 0.3) is 0 Å². The molecule has 31 heavy (non-hydrogen) atoms. The number of carbonyl (C=O) groups is 1. The van der Waals surface area contributed by atoms with Crippen molar-refractivity contribution >= 4 is 34.1 Å². The maximum atomic E-state index is 14.1. The number of rotatable bonds is 5. The molecule has 0 radical (unpaired) electrons. The predicted molar refractivity (Wildman–Crippen MR) is 120 cm³/mol. The summed E-state index contributed by atoms with van der Waals surface area (Å²) in [6.07, 6.45) is 0. The summed E-state index contributed by atoms with van der Waals surface area (Å²) in [7, 11) is 0. The molecule has 0 bridgehead atoms. The molecule has 1 N–H and O–H groups in total. The molecule has 0 aliphatic heterocycles. The lowest BCUT2D eigenvalue weighted by atomic mass is 10.0. The maximum Gasteiger partial charge on any atom is 0.322 e. The van der Waals surface area contributed by atoms with Crippen LogP contribution in [0.5, 0.6) is 0 Å². The van der Waals surface area contributed by atoms with E-state index in [0.717, 1.165) is 34.0 Å². The Kier molecular flexibility index (Phi) is 6.14. The van der Waals surface area contributed by atoms with Gasteiger partial charge in [0.15, 0.2) is 0 Å². The van der Waals surface area contributed by atoms with Gasteiger partial charge in [-0.15, -0.1) is 0 Å². The summed E-state index contributed by atoms with van der Waals surface area (Å²) in [5.74, 6) is -1.53. The molecule has 2 amide bonds. The summed E-state index contributed by atoms with van der Waals surface area (Å²) in [5, 5.41) is 5.26. The third kappa shape index (κ3) is 5.01. The third-order valence-electron chi connectivity index (χ3n) is 4.99. The minimum absolute atomic E-state index is 0.0783. The molecule has 0 atom stereocenters. The van der Waals surface area contributed by atoms with Gasteiger partial charge in [0.05, 0.1) is 5.69 Å². The third-order valence-corrected chi connectivity index (χ3v) is 5.24. The van der Waals surface area contributed by atoms with Gasteiger partial charge >= 0.3 is 6.03 Å². The number of anilines is 1. The van der Waals surface area contributed by atoms with Gasteiger partial charge in [-0.3, -0.25) is 0 Å². The maximum absolute atomic E-state index is 14.1. The Bertz CT molecular complexity index is 1220. The first kappa shape index (κ1) is 20.8. The van der Waals surface area contributed by atoms with Crippen molar-refractivity contribution in [3.63, 3.8) is 0 Å². The van der Waals surface area contributed by atoms with E-state index in [0.29, 0.717) is 11.6 Å². The van der Waals surface area contributed by atoms with Crippen molar-refractivity contribution in [2.45, 2.75) is 13.1 Å². The number of nitrogens with one attached hydrogen (secondary N) is 1. The van der Waals surface area contributed by atoms with Crippen molar-refractivity contribution in [2.24, 2.45) is 0 Å². The van der Waals surface area contributed by atoms with Gasteiger partial charge in [0, 0.05) is 24.2 Å². The molecule has 0 saturated carbocycles. The zero-order chi connectivity index (χ0) is 21.8. The molecule has 6 heteroatoms. The summed E-state index contributed by atoms with van der Waals surface area (Å²) in [4.78, 5) is 14.7. The molecule has 0 aliphatic carbocycles. The topological polar surface area (TPSA) is 32.3 Å². The number of hydrogen-bond donors (Lipinski definition) is 1. The second kappa shape index (κ2) is 9.14. The second-order valence-corrected chi connectivity index (χ2v) is 7.61. The van der Waals surface area contributed by atoms with E-state index in [1.807, 2.05) is 54.6 Å². The highest BCUT2D eigenvalue weighted by Crippen LogP contribution is 2.23. The van der Waals surface area contributed by atoms with Crippen molar-refractivity contribution in [1.29, 1.82) is 0 Å². The molecule has 0 aromatic heterocycles. The number of carbonyl (C=O) groups excluding carboxylic acids is 1. The minimum Gasteiger partial charge on any atom is -0.316 e. The second-order valence-electron chi connectivity index (χ2n) is 7.18. The zero-order valence-corrected chi connectivity index (χ0v) is 17.2. The van der Waals surface area contributed by atoms with E-state index in [1.54, 1.807) is 17.0 Å². The average Bonchev–Trinajstić information content (AvgIpc) is 2.77. The number of fused-ring (bicyclic) bond motifs is 1. The van der Waals surface area contributed by atoms with E-state index >= 15 is 0 Å². The lowest BCUT2D eigenvalue weighted by Gasteiger charge is -2.24. The van der Waals surface area contributed by atoms with E-state index in [-0.39, 0.29) is 12.2 Å². The number of urea groups is 1. The lowest BCUT2D eigenvalue weighted by molar-refractivity contribution is 0.206. The van der Waals surface area contributed by atoms with Crippen molar-refractivity contribution < 1.29 is 13.6 Å². The molecule has 4 aromatic rings. The highest BCUT2D eigenvalue weighted by Gasteiger charge is 2.18. The first-order valence-electron chi connectivity index (χ1n) is 9.72. The fourth-order valence-electron chi connectivity index (χ4n) is 3.43. The van der Waals surface area contributed by atoms with E-state index < -0.39 is 17.7 Å². The fourth-order valence-corrected chi connectivity index (χ4v) is 3.56. The van der Waals surface area contributed by atoms with Gasteiger partial charge < -0.3 is 10.2 Å². The highest BCUT2D eigenvalue weighted by atomic mass is 35.5. The summed E-state index contributed by atoms with van der Waals surface area (Å²) in [6.45, 7) is 0.591. The van der Waals surface area contributed by atoms with Crippen LogP contribution in [0.2, 0.25) is 5.02 Å². The Morgan fingerprint density at radius 3 is 2.39 bits per heavy atom. The van der Waals surface area contributed by atoms with Crippen molar-refractivity contribution in [3.8, 4) is 0 Å². The zero-order valence-electron chi connectivity index (χ0n) is 16.5. The first-order valence-corrected chi connectivity index (χ1v) is 10.1. The summed E-state index contributed by atoms with van der Waals surface area (Å²) < 4.78 is 27.3. The number of halogens is 3. The monoisotopic (exact) mass is 436 g/mol. The molecule has 0 unspecified atom stereocenters. The van der Waals surface area contributed by atoms with Crippen molar-refractivity contribution in [1.82, 2.24) is 4.90 Å². The van der Waals surface area contributed by atoms with E-state index in [2.05, 4.69) is 5.32 Å². The van der Waals surface area contributed by atoms with Crippen molar-refractivity contribution in [3.05, 3.63) is 113 Å². The number of amides is 2. The number of hydrogen-bond acceptors (Lipinski definition) is 1. The first-order chi connectivity index (χ1) is 15.0. The van der Waals surface area contributed by atoms with Gasteiger partial charge in [-0.2, -0.15) is 0 Å². The van der Waals surface area contributed by atoms with Crippen LogP contribution in [0.1, 0.15) is 11.1 Å². The van der Waals surface area contributed by atoms with Crippen LogP contribution in [-0.4, -0.2) is 10.9 Å². The predicted octanol–water partition coefficient (Wildman–Crippen LogP) is 7.01. The van der Waals surface area contributed by atoms with Crippen LogP contribution in [0.3, 0.4) is 0 Å². The molecule has 0 saturated heterocycles. The molecule has 4 rings (SSSR count). The fraction of sp³-hybridized carbons (Fsp3) is 0.0800. The van der Waals surface area contributed by atoms with Crippen LogP contribution in [0.25, 0.3) is 10.8 Å². The highest BCUT2D eigenvalue weighted by molar-refractivity contribution is 6.30. The van der Waals surface area contributed by atoms with Crippen LogP contribution in [-0.2, 0) is 13.1 Å². The van der Waals surface area contributed by atoms with Crippen LogP contribution < -0.4 is 5.32 Å². The van der Waals surface area contributed by atoms with Crippen molar-refractivity contribution in [2.75, 3.05) is 5.32 Å². The van der Waals surface area contributed by atoms with Gasteiger partial charge in [0.1, 0.15) is 11.6 Å². The molecular weight excluding hydrogens is 418 g/mol. The van der Waals surface area contributed by atoms with Crippen LogP contribution in [0.4, 0.5) is 19.3 Å². The SMILES string of the molecule is O=C(Nc1ccc(F)cc1F)N(Cc1ccc(Cl)cc1)Cc1cccc2ccccc12. The van der Waals surface area contributed by atoms with Crippen LogP contribution in [0.15, 0.2) is 84.9 Å². The lowest BCUT2D eigenvalue weighted by Crippen LogP contribution is -2.34. The van der Waals surface area contributed by atoms with E-state index in [4.69, 9.17) is 11.6 Å². The normalized spacial score (nSPS) is 10.8. The summed E-state index contributed by atoms with van der Waals surface area (Å²) in [5.41, 5.74) is 1.76. The van der Waals surface area contributed by atoms with Gasteiger partial charge in [-0.25, -0.2) is 13.6 Å². The van der Waals surface area contributed by atoms with Gasteiger partial charge in [-0.05, 0) is 46.2 Å². The number of nitrogens with zero attached hydrogens (tertiary/aromatic N) is 1. The molecule has 0 fully saturated rings.